The zero-order chi connectivity index (χ0) is 14.8. The number of hydrogen-bond donors (Lipinski definition) is 0. The maximum absolute atomic E-state index is 12.9. The molecule has 1 unspecified atom stereocenters. The quantitative estimate of drug-likeness (QED) is 0.793. The number of hydrogen-bond acceptors (Lipinski definition) is 3. The number of carbonyl (C=O) groups excluding carboxylic acids is 1. The lowest BCUT2D eigenvalue weighted by Gasteiger charge is -2.09. The number of ether oxygens (including phenoxy) is 2. The summed E-state index contributed by atoms with van der Waals surface area (Å²) in [5.74, 6) is 0.994. The first-order chi connectivity index (χ1) is 10.1. The molecule has 1 aliphatic rings. The Balaban J connectivity index is 1.90. The van der Waals surface area contributed by atoms with E-state index in [0.29, 0.717) is 41.8 Å². The van der Waals surface area contributed by atoms with Gasteiger partial charge >= 0.3 is 0 Å². The van der Waals surface area contributed by atoms with Crippen LogP contribution in [0.5, 0.6) is 11.5 Å². The molecule has 21 heavy (non-hydrogen) atoms. The Hall–Kier alpha value is -2.36. The van der Waals surface area contributed by atoms with Gasteiger partial charge in [-0.1, -0.05) is 6.92 Å². The molecule has 0 saturated carbocycles. The van der Waals surface area contributed by atoms with Gasteiger partial charge < -0.3 is 9.47 Å². The van der Waals surface area contributed by atoms with Gasteiger partial charge in [-0.15, -0.1) is 0 Å². The van der Waals surface area contributed by atoms with Crippen LogP contribution in [-0.4, -0.2) is 19.0 Å². The summed E-state index contributed by atoms with van der Waals surface area (Å²) >= 11 is 0. The van der Waals surface area contributed by atoms with Crippen LogP contribution in [0.3, 0.4) is 0 Å². The number of fused-ring (bicyclic) bond motifs is 1. The molecule has 1 aliphatic heterocycles. The monoisotopic (exact) mass is 286 g/mol. The predicted octanol–water partition coefficient (Wildman–Crippen LogP) is 3.46. The van der Waals surface area contributed by atoms with Gasteiger partial charge in [-0.25, -0.2) is 4.39 Å². The summed E-state index contributed by atoms with van der Waals surface area (Å²) in [5.41, 5.74) is 0.942. The van der Waals surface area contributed by atoms with Crippen molar-refractivity contribution in [1.29, 1.82) is 0 Å². The minimum absolute atomic E-state index is 0.168. The topological polar surface area (TPSA) is 35.5 Å². The fraction of sp³-hybridized carbons (Fsp3) is 0.235. The van der Waals surface area contributed by atoms with Crippen LogP contribution in [0.15, 0.2) is 42.5 Å². The number of ketones is 1. The van der Waals surface area contributed by atoms with E-state index in [1.807, 2.05) is 6.92 Å². The van der Waals surface area contributed by atoms with E-state index >= 15 is 0 Å². The van der Waals surface area contributed by atoms with Crippen molar-refractivity contribution in [3.8, 4) is 11.5 Å². The van der Waals surface area contributed by atoms with Gasteiger partial charge in [-0.2, -0.15) is 0 Å². The minimum atomic E-state index is -0.362. The van der Waals surface area contributed by atoms with Crippen LogP contribution in [0, 0.1) is 11.7 Å². The van der Waals surface area contributed by atoms with Crippen LogP contribution >= 0.6 is 0 Å². The molecule has 0 amide bonds. The third kappa shape index (κ3) is 2.89. The average molecular weight is 286 g/mol. The van der Waals surface area contributed by atoms with Crippen molar-refractivity contribution in [3.05, 3.63) is 59.4 Å². The molecule has 0 radical (unpaired) electrons. The molecule has 0 N–H and O–H groups in total. The summed E-state index contributed by atoms with van der Waals surface area (Å²) < 4.78 is 24.2. The van der Waals surface area contributed by atoms with E-state index in [1.165, 1.54) is 24.3 Å². The molecule has 0 fully saturated rings. The van der Waals surface area contributed by atoms with Gasteiger partial charge in [0.05, 0.1) is 13.2 Å². The van der Waals surface area contributed by atoms with Crippen molar-refractivity contribution in [3.63, 3.8) is 0 Å². The summed E-state index contributed by atoms with van der Waals surface area (Å²) in [5, 5.41) is 0. The third-order valence-electron chi connectivity index (χ3n) is 3.36. The van der Waals surface area contributed by atoms with Crippen molar-refractivity contribution < 1.29 is 18.7 Å². The van der Waals surface area contributed by atoms with E-state index in [1.54, 1.807) is 18.2 Å². The van der Waals surface area contributed by atoms with E-state index in [4.69, 9.17) is 9.47 Å². The third-order valence-corrected chi connectivity index (χ3v) is 3.36. The highest BCUT2D eigenvalue weighted by atomic mass is 19.1. The van der Waals surface area contributed by atoms with E-state index in [-0.39, 0.29) is 11.6 Å². The molecule has 1 atom stereocenters. The molecule has 0 spiro atoms. The molecular formula is C17H15FO3. The molecule has 1 heterocycles. The van der Waals surface area contributed by atoms with Crippen LogP contribution in [0.25, 0.3) is 0 Å². The zero-order valence-corrected chi connectivity index (χ0v) is 11.6. The maximum atomic E-state index is 12.9. The second kappa shape index (κ2) is 5.56. The minimum Gasteiger partial charge on any atom is -0.489 e. The van der Waals surface area contributed by atoms with Crippen molar-refractivity contribution in [2.24, 2.45) is 5.92 Å². The largest absolute Gasteiger partial charge is 0.489 e. The highest BCUT2D eigenvalue weighted by Crippen LogP contribution is 2.32. The second-order valence-corrected chi connectivity index (χ2v) is 5.22. The molecule has 4 heteroatoms. The van der Waals surface area contributed by atoms with Gasteiger partial charge in [0, 0.05) is 17.0 Å². The lowest BCUT2D eigenvalue weighted by molar-refractivity contribution is 0.103. The molecule has 0 aliphatic carbocycles. The fourth-order valence-electron chi connectivity index (χ4n) is 2.16. The van der Waals surface area contributed by atoms with Crippen LogP contribution in [0.2, 0.25) is 0 Å². The lowest BCUT2D eigenvalue weighted by Crippen LogP contribution is -2.12. The Morgan fingerprint density at radius 3 is 2.33 bits per heavy atom. The van der Waals surface area contributed by atoms with E-state index < -0.39 is 0 Å². The van der Waals surface area contributed by atoms with Crippen LogP contribution in [-0.2, 0) is 0 Å². The molecule has 2 aromatic rings. The van der Waals surface area contributed by atoms with Crippen LogP contribution < -0.4 is 9.47 Å². The summed E-state index contributed by atoms with van der Waals surface area (Å²) in [4.78, 5) is 12.4. The second-order valence-electron chi connectivity index (χ2n) is 5.22. The first-order valence-electron chi connectivity index (χ1n) is 6.83. The Morgan fingerprint density at radius 1 is 1.00 bits per heavy atom. The molecule has 0 saturated heterocycles. The Kier molecular flexibility index (Phi) is 3.60. The predicted molar refractivity (Wildman–Crippen MR) is 76.4 cm³/mol. The SMILES string of the molecule is CC1COc2ccc(C(=O)c3ccc(F)cc3)cc2OC1. The Labute approximate surface area is 122 Å². The van der Waals surface area contributed by atoms with Crippen molar-refractivity contribution in [2.45, 2.75) is 6.92 Å². The van der Waals surface area contributed by atoms with Crippen molar-refractivity contribution in [2.75, 3.05) is 13.2 Å². The molecule has 3 rings (SSSR count). The molecule has 3 nitrogen and oxygen atoms in total. The summed E-state index contributed by atoms with van der Waals surface area (Å²) in [7, 11) is 0. The Bertz CT molecular complexity index is 664. The Morgan fingerprint density at radius 2 is 1.62 bits per heavy atom. The van der Waals surface area contributed by atoms with Gasteiger partial charge in [0.15, 0.2) is 17.3 Å². The average Bonchev–Trinajstić information content (AvgIpc) is 2.69. The number of benzene rings is 2. The number of carbonyl (C=O) groups is 1. The van der Waals surface area contributed by atoms with Gasteiger partial charge in [0.1, 0.15) is 5.82 Å². The highest BCUT2D eigenvalue weighted by Gasteiger charge is 2.17. The van der Waals surface area contributed by atoms with E-state index in [9.17, 15) is 9.18 Å². The summed E-state index contributed by atoms with van der Waals surface area (Å²) in [6, 6.07) is 10.6. The summed E-state index contributed by atoms with van der Waals surface area (Å²) in [6.45, 7) is 3.19. The normalized spacial score (nSPS) is 17.1. The van der Waals surface area contributed by atoms with Gasteiger partial charge in [-0.05, 0) is 42.5 Å². The summed E-state index contributed by atoms with van der Waals surface area (Å²) in [6.07, 6.45) is 0. The molecule has 0 aromatic heterocycles. The number of halogens is 1. The first-order valence-corrected chi connectivity index (χ1v) is 6.83. The zero-order valence-electron chi connectivity index (χ0n) is 11.6. The van der Waals surface area contributed by atoms with E-state index in [2.05, 4.69) is 0 Å². The first kappa shape index (κ1) is 13.6. The van der Waals surface area contributed by atoms with Crippen LogP contribution in [0.4, 0.5) is 4.39 Å². The molecule has 2 aromatic carbocycles. The number of rotatable bonds is 2. The molecule has 108 valence electrons. The lowest BCUT2D eigenvalue weighted by atomic mass is 10.0. The maximum Gasteiger partial charge on any atom is 0.193 e. The van der Waals surface area contributed by atoms with Crippen LogP contribution in [0.1, 0.15) is 22.8 Å². The van der Waals surface area contributed by atoms with Gasteiger partial charge in [0.25, 0.3) is 0 Å². The van der Waals surface area contributed by atoms with E-state index in [0.717, 1.165) is 0 Å². The van der Waals surface area contributed by atoms with Crippen molar-refractivity contribution >= 4 is 5.78 Å². The fourth-order valence-corrected chi connectivity index (χ4v) is 2.16. The van der Waals surface area contributed by atoms with Gasteiger partial charge in [-0.3, -0.25) is 4.79 Å². The standard InChI is InChI=1S/C17H15FO3/c1-11-9-20-15-7-4-13(8-16(15)21-10-11)17(19)12-2-5-14(18)6-3-12/h2-8,11H,9-10H2,1H3. The molecular weight excluding hydrogens is 271 g/mol. The van der Waals surface area contributed by atoms with Crippen molar-refractivity contribution in [1.82, 2.24) is 0 Å². The molecule has 0 bridgehead atoms. The highest BCUT2D eigenvalue weighted by molar-refractivity contribution is 6.09. The smallest absolute Gasteiger partial charge is 0.193 e. The van der Waals surface area contributed by atoms with Gasteiger partial charge in [0.2, 0.25) is 0 Å².